The van der Waals surface area contributed by atoms with Crippen LogP contribution in [0, 0.1) is 0 Å². The van der Waals surface area contributed by atoms with Crippen molar-refractivity contribution in [1.82, 2.24) is 10.3 Å². The number of para-hydroxylation sites is 1. The molecule has 7 heteroatoms. The minimum Gasteiger partial charge on any atom is -0.505 e. The van der Waals surface area contributed by atoms with Gasteiger partial charge in [-0.3, -0.25) is 9.78 Å². The van der Waals surface area contributed by atoms with Gasteiger partial charge in [-0.25, -0.2) is 0 Å². The van der Waals surface area contributed by atoms with Gasteiger partial charge in [0.2, 0.25) is 0 Å². The topological polar surface area (TPSA) is 80.7 Å². The fraction of sp³-hybridized carbons (Fsp3) is 0.154. The third-order valence-electron chi connectivity index (χ3n) is 5.62. The van der Waals surface area contributed by atoms with Crippen LogP contribution in [0.1, 0.15) is 22.7 Å². The molecule has 166 valence electrons. The Balaban J connectivity index is 1.51. The summed E-state index contributed by atoms with van der Waals surface area (Å²) < 4.78 is 11.2. The van der Waals surface area contributed by atoms with Gasteiger partial charge >= 0.3 is 0 Å². The molecule has 3 aromatic carbocycles. The fourth-order valence-corrected chi connectivity index (χ4v) is 4.29. The number of aromatic hydroxyl groups is 1. The molecular weight excluding hydrogens is 440 g/mol. The highest BCUT2D eigenvalue weighted by Crippen LogP contribution is 2.39. The maximum atomic E-state index is 12.9. The van der Waals surface area contributed by atoms with Crippen molar-refractivity contribution >= 4 is 28.4 Å². The molecule has 1 amide bonds. The Morgan fingerprint density at radius 3 is 2.85 bits per heavy atom. The number of carbonyl (C=O) groups excluding carboxylic acids is 1. The van der Waals surface area contributed by atoms with E-state index in [9.17, 15) is 9.90 Å². The molecule has 1 aliphatic rings. The van der Waals surface area contributed by atoms with E-state index in [1.807, 2.05) is 36.4 Å². The van der Waals surface area contributed by atoms with Gasteiger partial charge in [0.1, 0.15) is 22.8 Å². The number of hydrogen-bond donors (Lipinski definition) is 2. The maximum absolute atomic E-state index is 12.9. The van der Waals surface area contributed by atoms with Crippen LogP contribution < -0.4 is 14.8 Å². The average Bonchev–Trinajstić information content (AvgIpc) is 3.32. The van der Waals surface area contributed by atoms with Gasteiger partial charge in [-0.05, 0) is 53.6 Å². The summed E-state index contributed by atoms with van der Waals surface area (Å²) in [6.07, 6.45) is 2.38. The molecule has 0 aliphatic carbocycles. The predicted octanol–water partition coefficient (Wildman–Crippen LogP) is 4.81. The second-order valence-corrected chi connectivity index (χ2v) is 8.17. The van der Waals surface area contributed by atoms with Crippen LogP contribution in [-0.4, -0.2) is 29.2 Å². The number of phenolic OH excluding ortho intramolecular Hbond substituents is 1. The molecule has 0 spiro atoms. The van der Waals surface area contributed by atoms with Crippen LogP contribution in [0.25, 0.3) is 10.9 Å². The molecule has 1 aliphatic heterocycles. The number of nitrogens with zero attached hydrogens (tertiary/aromatic N) is 1. The van der Waals surface area contributed by atoms with Crippen LogP contribution in [0.3, 0.4) is 0 Å². The number of aromatic nitrogens is 1. The highest BCUT2D eigenvalue weighted by molar-refractivity contribution is 6.35. The number of halogens is 1. The summed E-state index contributed by atoms with van der Waals surface area (Å²) in [4.78, 5) is 17.2. The Hall–Kier alpha value is -3.77. The van der Waals surface area contributed by atoms with E-state index in [1.165, 1.54) is 0 Å². The van der Waals surface area contributed by atoms with Gasteiger partial charge in [-0.1, -0.05) is 35.9 Å². The Bertz CT molecular complexity index is 1330. The number of rotatable bonds is 6. The number of pyridine rings is 1. The quantitative estimate of drug-likeness (QED) is 0.431. The van der Waals surface area contributed by atoms with Gasteiger partial charge in [0.15, 0.2) is 6.61 Å². The number of phenols is 1. The first-order valence-corrected chi connectivity index (χ1v) is 11.0. The van der Waals surface area contributed by atoms with Crippen molar-refractivity contribution in [3.05, 3.63) is 94.6 Å². The first-order valence-electron chi connectivity index (χ1n) is 10.6. The second-order valence-electron chi connectivity index (χ2n) is 7.76. The summed E-state index contributed by atoms with van der Waals surface area (Å²) >= 11 is 6.53. The molecule has 33 heavy (non-hydrogen) atoms. The van der Waals surface area contributed by atoms with Crippen LogP contribution in [0.5, 0.6) is 17.2 Å². The lowest BCUT2D eigenvalue weighted by atomic mass is 9.94. The van der Waals surface area contributed by atoms with Crippen molar-refractivity contribution < 1.29 is 19.4 Å². The number of ether oxygens (including phenoxy) is 2. The molecule has 1 atom stereocenters. The van der Waals surface area contributed by atoms with Gasteiger partial charge in [-0.2, -0.15) is 0 Å². The first-order chi connectivity index (χ1) is 16.1. The zero-order valence-corrected chi connectivity index (χ0v) is 18.4. The number of nitrogens with one attached hydrogen (secondary N) is 1. The molecule has 0 radical (unpaired) electrons. The van der Waals surface area contributed by atoms with Gasteiger partial charge in [-0.15, -0.1) is 0 Å². The minimum atomic E-state index is -0.660. The van der Waals surface area contributed by atoms with E-state index >= 15 is 0 Å². The lowest BCUT2D eigenvalue weighted by Gasteiger charge is -2.22. The van der Waals surface area contributed by atoms with Crippen LogP contribution in [0.2, 0.25) is 5.02 Å². The molecule has 0 fully saturated rings. The van der Waals surface area contributed by atoms with Crippen molar-refractivity contribution in [1.29, 1.82) is 0 Å². The maximum Gasteiger partial charge on any atom is 0.258 e. The zero-order chi connectivity index (χ0) is 22.8. The van der Waals surface area contributed by atoms with E-state index in [0.29, 0.717) is 33.8 Å². The Labute approximate surface area is 195 Å². The molecule has 0 saturated heterocycles. The van der Waals surface area contributed by atoms with E-state index in [0.717, 1.165) is 23.3 Å². The van der Waals surface area contributed by atoms with E-state index in [4.69, 9.17) is 21.1 Å². The molecule has 0 unspecified atom stereocenters. The second kappa shape index (κ2) is 9.00. The number of hydrogen-bond acceptors (Lipinski definition) is 5. The molecule has 4 aromatic rings. The number of carbonyl (C=O) groups is 1. The van der Waals surface area contributed by atoms with E-state index in [-0.39, 0.29) is 18.3 Å². The predicted molar refractivity (Wildman–Crippen MR) is 126 cm³/mol. The van der Waals surface area contributed by atoms with Crippen LogP contribution >= 0.6 is 11.6 Å². The molecule has 6 nitrogen and oxygen atoms in total. The molecule has 2 heterocycles. The summed E-state index contributed by atoms with van der Waals surface area (Å²) in [6, 6.07) is 19.4. The monoisotopic (exact) mass is 460 g/mol. The van der Waals surface area contributed by atoms with E-state index in [1.54, 1.807) is 36.5 Å². The lowest BCUT2D eigenvalue weighted by Crippen LogP contribution is -2.33. The first kappa shape index (κ1) is 21.1. The molecule has 5 rings (SSSR count). The van der Waals surface area contributed by atoms with Gasteiger partial charge in [0.05, 0.1) is 17.7 Å². The Morgan fingerprint density at radius 1 is 1.15 bits per heavy atom. The highest BCUT2D eigenvalue weighted by Gasteiger charge is 2.25. The lowest BCUT2D eigenvalue weighted by molar-refractivity contribution is -0.123. The molecule has 1 aromatic heterocycles. The highest BCUT2D eigenvalue weighted by atomic mass is 35.5. The van der Waals surface area contributed by atoms with Gasteiger partial charge in [0.25, 0.3) is 5.91 Å². The van der Waals surface area contributed by atoms with Crippen molar-refractivity contribution in [3.63, 3.8) is 0 Å². The number of amides is 1. The van der Waals surface area contributed by atoms with Crippen molar-refractivity contribution in [2.24, 2.45) is 0 Å². The molecule has 0 saturated carbocycles. The average molecular weight is 461 g/mol. The standard InChI is InChI=1S/C26H21ClN2O4/c27-21-14-20(26(31)25-19(21)7-4-11-28-25)24(17-8-9-22-16(13-17)10-12-32-22)29-23(30)15-33-18-5-2-1-3-6-18/h1-9,11,13-14,24,31H,10,12,15H2,(H,29,30)/t24-/m1/s1. The van der Waals surface area contributed by atoms with Gasteiger partial charge in [0, 0.05) is 23.6 Å². The third kappa shape index (κ3) is 4.30. The summed E-state index contributed by atoms with van der Waals surface area (Å²) in [5, 5.41) is 15.2. The van der Waals surface area contributed by atoms with Crippen molar-refractivity contribution in [2.75, 3.05) is 13.2 Å². The third-order valence-corrected chi connectivity index (χ3v) is 5.93. The number of benzene rings is 3. The summed E-state index contributed by atoms with van der Waals surface area (Å²) in [5.74, 6) is 1.07. The normalized spacial score (nSPS) is 13.2. The Morgan fingerprint density at radius 2 is 2.00 bits per heavy atom. The van der Waals surface area contributed by atoms with E-state index in [2.05, 4.69) is 10.3 Å². The van der Waals surface area contributed by atoms with E-state index < -0.39 is 6.04 Å². The van der Waals surface area contributed by atoms with Crippen LogP contribution in [0.15, 0.2) is 72.9 Å². The van der Waals surface area contributed by atoms with Gasteiger partial charge < -0.3 is 19.9 Å². The Kier molecular flexibility index (Phi) is 5.75. The van der Waals surface area contributed by atoms with Crippen LogP contribution in [0.4, 0.5) is 0 Å². The fourth-order valence-electron chi connectivity index (χ4n) is 4.02. The molecule has 2 N–H and O–H groups in total. The van der Waals surface area contributed by atoms with Crippen molar-refractivity contribution in [2.45, 2.75) is 12.5 Å². The molecular formula is C26H21ClN2O4. The SMILES string of the molecule is O=C(COc1ccccc1)N[C@H](c1ccc2c(c1)CCO2)c1cc(Cl)c2cccnc2c1O. The summed E-state index contributed by atoms with van der Waals surface area (Å²) in [7, 11) is 0. The smallest absolute Gasteiger partial charge is 0.258 e. The molecule has 0 bridgehead atoms. The minimum absolute atomic E-state index is 0.0268. The summed E-state index contributed by atoms with van der Waals surface area (Å²) in [5.41, 5.74) is 2.69. The van der Waals surface area contributed by atoms with Crippen LogP contribution in [-0.2, 0) is 11.2 Å². The summed E-state index contributed by atoms with van der Waals surface area (Å²) in [6.45, 7) is 0.451. The van der Waals surface area contributed by atoms with Crippen molar-refractivity contribution in [3.8, 4) is 17.2 Å². The largest absolute Gasteiger partial charge is 0.505 e. The number of fused-ring (bicyclic) bond motifs is 2. The zero-order valence-electron chi connectivity index (χ0n) is 17.6.